The minimum Gasteiger partial charge on any atom is -0.383 e. The van der Waals surface area contributed by atoms with Gasteiger partial charge in [0.2, 0.25) is 5.91 Å². The highest BCUT2D eigenvalue weighted by Crippen LogP contribution is 2.34. The predicted octanol–water partition coefficient (Wildman–Crippen LogP) is 3.27. The maximum Gasteiger partial charge on any atom is 0.416 e. The molecule has 0 aliphatic carbocycles. The van der Waals surface area contributed by atoms with E-state index in [0.717, 1.165) is 18.6 Å². The van der Waals surface area contributed by atoms with E-state index in [1.807, 2.05) is 6.92 Å². The van der Waals surface area contributed by atoms with E-state index in [1.165, 1.54) is 6.07 Å². The fourth-order valence-corrected chi connectivity index (χ4v) is 2.26. The molecule has 0 bridgehead atoms. The summed E-state index contributed by atoms with van der Waals surface area (Å²) < 4.78 is 49.1. The number of benzene rings is 1. The molecule has 1 heterocycles. The predicted molar refractivity (Wildman–Crippen MR) is 84.0 cm³/mol. The van der Waals surface area contributed by atoms with Crippen molar-refractivity contribution >= 4 is 17.3 Å². The molecule has 2 rings (SSSR count). The first-order valence-electron chi connectivity index (χ1n) is 7.84. The van der Waals surface area contributed by atoms with Crippen LogP contribution < -0.4 is 10.6 Å². The normalized spacial score (nSPS) is 17.8. The number of carbonyl (C=O) groups excluding carboxylic acids is 1. The van der Waals surface area contributed by atoms with E-state index < -0.39 is 17.6 Å². The van der Waals surface area contributed by atoms with Gasteiger partial charge < -0.3 is 20.1 Å². The zero-order valence-electron chi connectivity index (χ0n) is 13.4. The Balaban J connectivity index is 2.04. The summed E-state index contributed by atoms with van der Waals surface area (Å²) in [6, 6.07) is 3.23. The Morgan fingerprint density at radius 1 is 1.38 bits per heavy atom. The number of anilines is 2. The number of hydrogen-bond acceptors (Lipinski definition) is 4. The van der Waals surface area contributed by atoms with Crippen molar-refractivity contribution in [1.82, 2.24) is 0 Å². The summed E-state index contributed by atoms with van der Waals surface area (Å²) in [6.45, 7) is 3.32. The van der Waals surface area contributed by atoms with Gasteiger partial charge in [0.15, 0.2) is 0 Å². The van der Waals surface area contributed by atoms with Gasteiger partial charge in [0.25, 0.3) is 0 Å². The summed E-state index contributed by atoms with van der Waals surface area (Å²) in [5.41, 5.74) is -0.276. The first kappa shape index (κ1) is 18.5. The molecule has 2 N–H and O–H groups in total. The molecule has 1 saturated heterocycles. The highest BCUT2D eigenvalue weighted by atomic mass is 19.4. The highest BCUT2D eigenvalue weighted by Gasteiger charge is 2.31. The van der Waals surface area contributed by atoms with Gasteiger partial charge in [-0.2, -0.15) is 13.2 Å². The lowest BCUT2D eigenvalue weighted by Crippen LogP contribution is -2.24. The lowest BCUT2D eigenvalue weighted by molar-refractivity contribution is -0.137. The zero-order valence-corrected chi connectivity index (χ0v) is 13.4. The standard InChI is InChI=1S/C16H21F3N2O3/c1-2-6-20-13-4-3-11(16(17,18)19)8-14(13)21-15(22)10-24-12-5-7-23-9-12/h3-4,8,12,20H,2,5-7,9-10H2,1H3,(H,21,22)/t12-/m1/s1. The maximum absolute atomic E-state index is 12.9. The molecule has 1 amide bonds. The van der Waals surface area contributed by atoms with Crippen molar-refractivity contribution in [2.45, 2.75) is 32.0 Å². The molecule has 1 aromatic rings. The van der Waals surface area contributed by atoms with Crippen molar-refractivity contribution in [3.05, 3.63) is 23.8 Å². The Bertz CT molecular complexity index is 558. The monoisotopic (exact) mass is 346 g/mol. The van der Waals surface area contributed by atoms with Gasteiger partial charge in [0.1, 0.15) is 6.61 Å². The summed E-state index contributed by atoms with van der Waals surface area (Å²) in [5.74, 6) is -0.499. The van der Waals surface area contributed by atoms with Gasteiger partial charge >= 0.3 is 6.18 Å². The molecule has 24 heavy (non-hydrogen) atoms. The topological polar surface area (TPSA) is 59.6 Å². The van der Waals surface area contributed by atoms with Crippen LogP contribution in [-0.2, 0) is 20.4 Å². The highest BCUT2D eigenvalue weighted by molar-refractivity contribution is 5.95. The van der Waals surface area contributed by atoms with E-state index in [9.17, 15) is 18.0 Å². The molecular weight excluding hydrogens is 325 g/mol. The van der Waals surface area contributed by atoms with Crippen LogP contribution in [0.2, 0.25) is 0 Å². The van der Waals surface area contributed by atoms with Crippen molar-refractivity contribution in [2.24, 2.45) is 0 Å². The summed E-state index contributed by atoms with van der Waals surface area (Å²) in [5, 5.41) is 5.49. The van der Waals surface area contributed by atoms with Crippen LogP contribution in [0.25, 0.3) is 0 Å². The van der Waals surface area contributed by atoms with Crippen molar-refractivity contribution in [1.29, 1.82) is 0 Å². The lowest BCUT2D eigenvalue weighted by Gasteiger charge is -2.16. The van der Waals surface area contributed by atoms with E-state index in [0.29, 0.717) is 31.9 Å². The van der Waals surface area contributed by atoms with E-state index in [4.69, 9.17) is 9.47 Å². The van der Waals surface area contributed by atoms with Crippen LogP contribution >= 0.6 is 0 Å². The molecule has 134 valence electrons. The van der Waals surface area contributed by atoms with Crippen LogP contribution in [0.4, 0.5) is 24.5 Å². The van der Waals surface area contributed by atoms with Crippen LogP contribution in [0.5, 0.6) is 0 Å². The van der Waals surface area contributed by atoms with Crippen molar-refractivity contribution in [2.75, 3.05) is 37.0 Å². The number of rotatable bonds is 7. The van der Waals surface area contributed by atoms with Crippen molar-refractivity contribution < 1.29 is 27.4 Å². The van der Waals surface area contributed by atoms with Crippen LogP contribution in [0, 0.1) is 0 Å². The molecule has 1 aliphatic rings. The number of hydrogen-bond donors (Lipinski definition) is 2. The molecule has 0 radical (unpaired) electrons. The van der Waals surface area contributed by atoms with Gasteiger partial charge in [-0.15, -0.1) is 0 Å². The second-order valence-electron chi connectivity index (χ2n) is 5.53. The number of nitrogens with one attached hydrogen (secondary N) is 2. The molecular formula is C16H21F3N2O3. The second-order valence-corrected chi connectivity index (χ2v) is 5.53. The van der Waals surface area contributed by atoms with E-state index >= 15 is 0 Å². The van der Waals surface area contributed by atoms with Crippen LogP contribution in [-0.4, -0.2) is 38.4 Å². The third kappa shape index (κ3) is 5.38. The average molecular weight is 346 g/mol. The quantitative estimate of drug-likeness (QED) is 0.796. The number of carbonyl (C=O) groups is 1. The largest absolute Gasteiger partial charge is 0.416 e. The van der Waals surface area contributed by atoms with Crippen molar-refractivity contribution in [3.63, 3.8) is 0 Å². The maximum atomic E-state index is 12.9. The van der Waals surface area contributed by atoms with Gasteiger partial charge in [0.05, 0.1) is 29.6 Å². The smallest absolute Gasteiger partial charge is 0.383 e. The molecule has 0 unspecified atom stereocenters. The molecule has 5 nitrogen and oxygen atoms in total. The lowest BCUT2D eigenvalue weighted by atomic mass is 10.1. The third-order valence-corrected chi connectivity index (χ3v) is 3.52. The van der Waals surface area contributed by atoms with E-state index in [2.05, 4.69) is 10.6 Å². The number of amides is 1. The first-order chi connectivity index (χ1) is 11.4. The van der Waals surface area contributed by atoms with Crippen LogP contribution in [0.3, 0.4) is 0 Å². The van der Waals surface area contributed by atoms with Crippen LogP contribution in [0.15, 0.2) is 18.2 Å². The molecule has 8 heteroatoms. The van der Waals surface area contributed by atoms with Gasteiger partial charge in [0, 0.05) is 13.2 Å². The molecule has 1 atom stereocenters. The SMILES string of the molecule is CCCNc1ccc(C(F)(F)F)cc1NC(=O)CO[C@@H]1CCOC1. The number of ether oxygens (including phenoxy) is 2. The Hall–Kier alpha value is -1.80. The molecule has 1 aliphatic heterocycles. The molecule has 0 spiro atoms. The summed E-state index contributed by atoms with van der Waals surface area (Å²) in [7, 11) is 0. The zero-order chi connectivity index (χ0) is 17.6. The Morgan fingerprint density at radius 3 is 2.79 bits per heavy atom. The first-order valence-corrected chi connectivity index (χ1v) is 7.84. The second kappa shape index (κ2) is 8.34. The third-order valence-electron chi connectivity index (χ3n) is 3.52. The van der Waals surface area contributed by atoms with Crippen LogP contribution in [0.1, 0.15) is 25.3 Å². The molecule has 1 fully saturated rings. The summed E-state index contributed by atoms with van der Waals surface area (Å²) >= 11 is 0. The van der Waals surface area contributed by atoms with Gasteiger partial charge in [-0.25, -0.2) is 0 Å². The van der Waals surface area contributed by atoms with Gasteiger partial charge in [-0.1, -0.05) is 6.92 Å². The fourth-order valence-electron chi connectivity index (χ4n) is 2.26. The minimum atomic E-state index is -4.47. The number of halogens is 3. The molecule has 0 aromatic heterocycles. The Labute approximate surface area is 138 Å². The summed E-state index contributed by atoms with van der Waals surface area (Å²) in [6.07, 6.45) is -3.10. The van der Waals surface area contributed by atoms with Gasteiger partial charge in [-0.3, -0.25) is 4.79 Å². The summed E-state index contributed by atoms with van der Waals surface area (Å²) in [4.78, 5) is 12.0. The Morgan fingerprint density at radius 2 is 2.17 bits per heavy atom. The van der Waals surface area contributed by atoms with E-state index in [-0.39, 0.29) is 18.4 Å². The average Bonchev–Trinajstić information content (AvgIpc) is 3.04. The Kier molecular flexibility index (Phi) is 6.44. The van der Waals surface area contributed by atoms with Gasteiger partial charge in [-0.05, 0) is 31.0 Å². The molecule has 0 saturated carbocycles. The van der Waals surface area contributed by atoms with Crippen molar-refractivity contribution in [3.8, 4) is 0 Å². The minimum absolute atomic E-state index is 0.0922. The molecule has 1 aromatic carbocycles. The number of alkyl halides is 3. The fraction of sp³-hybridized carbons (Fsp3) is 0.562. The van der Waals surface area contributed by atoms with E-state index in [1.54, 1.807) is 0 Å².